The van der Waals surface area contributed by atoms with Gasteiger partial charge in [0.25, 0.3) is 11.6 Å². The average Bonchev–Trinajstić information content (AvgIpc) is 2.70. The molecule has 28 heavy (non-hydrogen) atoms. The van der Waals surface area contributed by atoms with Crippen LogP contribution in [0, 0.1) is 10.1 Å². The van der Waals surface area contributed by atoms with Gasteiger partial charge in [0.1, 0.15) is 13.1 Å². The highest BCUT2D eigenvalue weighted by Gasteiger charge is 2.20. The molecule has 2 aromatic rings. The number of ether oxygens (including phenoxy) is 1. The van der Waals surface area contributed by atoms with Gasteiger partial charge in [0, 0.05) is 16.5 Å². The van der Waals surface area contributed by atoms with Crippen LogP contribution in [0.2, 0.25) is 5.02 Å². The fraction of sp³-hybridized carbons (Fsp3) is 0.316. The van der Waals surface area contributed by atoms with Gasteiger partial charge in [0.15, 0.2) is 0 Å². The van der Waals surface area contributed by atoms with Gasteiger partial charge >= 0.3 is 0 Å². The quantitative estimate of drug-likeness (QED) is 0.527. The number of benzene rings is 2. The standard InChI is InChI=1S/C19H20ClN3O4S/c20-15-3-1-2-4-17(15)28-18-6-5-14(13-16(18)23(25)26)19(24)21-7-8-22-9-11-27-12-10-22/h1-6,13H,7-12H2,(H,21,24)/p+1. The maximum absolute atomic E-state index is 12.4. The molecule has 1 aliphatic rings. The minimum Gasteiger partial charge on any atom is -0.370 e. The van der Waals surface area contributed by atoms with Crippen LogP contribution >= 0.6 is 23.4 Å². The highest BCUT2D eigenvalue weighted by molar-refractivity contribution is 7.99. The third kappa shape index (κ3) is 5.45. The average molecular weight is 423 g/mol. The van der Waals surface area contributed by atoms with E-state index in [1.807, 2.05) is 6.07 Å². The molecule has 1 fully saturated rings. The lowest BCUT2D eigenvalue weighted by molar-refractivity contribution is -0.906. The molecule has 0 bridgehead atoms. The van der Waals surface area contributed by atoms with E-state index in [1.165, 1.54) is 22.7 Å². The fourth-order valence-corrected chi connectivity index (χ4v) is 4.07. The number of hydrogen-bond acceptors (Lipinski definition) is 5. The number of morpholine rings is 1. The van der Waals surface area contributed by atoms with Gasteiger partial charge in [-0.2, -0.15) is 0 Å². The first-order valence-corrected chi connectivity index (χ1v) is 10.1. The van der Waals surface area contributed by atoms with Crippen molar-refractivity contribution >= 4 is 35.0 Å². The van der Waals surface area contributed by atoms with Crippen molar-refractivity contribution in [3.63, 3.8) is 0 Å². The second-order valence-electron chi connectivity index (χ2n) is 6.34. The van der Waals surface area contributed by atoms with Crippen molar-refractivity contribution in [1.82, 2.24) is 5.32 Å². The molecule has 0 spiro atoms. The van der Waals surface area contributed by atoms with Gasteiger partial charge in [-0.25, -0.2) is 0 Å². The van der Waals surface area contributed by atoms with Crippen LogP contribution in [-0.4, -0.2) is 50.2 Å². The maximum atomic E-state index is 12.4. The molecule has 2 aromatic carbocycles. The molecule has 9 heteroatoms. The maximum Gasteiger partial charge on any atom is 0.284 e. The molecule has 0 atom stereocenters. The van der Waals surface area contributed by atoms with Gasteiger partial charge in [0.05, 0.1) is 41.1 Å². The molecular weight excluding hydrogens is 402 g/mol. The van der Waals surface area contributed by atoms with E-state index in [9.17, 15) is 14.9 Å². The van der Waals surface area contributed by atoms with Crippen LogP contribution in [0.25, 0.3) is 0 Å². The zero-order chi connectivity index (χ0) is 19.9. The number of carbonyl (C=O) groups is 1. The summed E-state index contributed by atoms with van der Waals surface area (Å²) in [5.41, 5.74) is 0.156. The molecule has 0 radical (unpaired) electrons. The smallest absolute Gasteiger partial charge is 0.284 e. The van der Waals surface area contributed by atoms with Crippen LogP contribution < -0.4 is 10.2 Å². The molecule has 0 saturated carbocycles. The predicted molar refractivity (Wildman–Crippen MR) is 107 cm³/mol. The van der Waals surface area contributed by atoms with E-state index < -0.39 is 4.92 Å². The number of hydrogen-bond donors (Lipinski definition) is 2. The zero-order valence-corrected chi connectivity index (χ0v) is 16.7. The van der Waals surface area contributed by atoms with Crippen molar-refractivity contribution in [3.05, 3.63) is 63.2 Å². The van der Waals surface area contributed by atoms with E-state index >= 15 is 0 Å². The first kappa shape index (κ1) is 20.6. The van der Waals surface area contributed by atoms with Crippen LogP contribution in [-0.2, 0) is 4.74 Å². The van der Waals surface area contributed by atoms with Gasteiger partial charge in [-0.15, -0.1) is 0 Å². The molecule has 1 saturated heterocycles. The molecule has 1 amide bonds. The number of amides is 1. The third-order valence-electron chi connectivity index (χ3n) is 4.44. The lowest BCUT2D eigenvalue weighted by Crippen LogP contribution is -3.14. The molecule has 3 rings (SSSR count). The largest absolute Gasteiger partial charge is 0.370 e. The molecule has 0 unspecified atom stereocenters. The van der Waals surface area contributed by atoms with E-state index in [0.29, 0.717) is 16.5 Å². The summed E-state index contributed by atoms with van der Waals surface area (Å²) in [5.74, 6) is -0.315. The minimum absolute atomic E-state index is 0.114. The highest BCUT2D eigenvalue weighted by Crippen LogP contribution is 2.38. The normalized spacial score (nSPS) is 14.6. The first-order chi connectivity index (χ1) is 13.5. The van der Waals surface area contributed by atoms with Crippen LogP contribution in [0.3, 0.4) is 0 Å². The number of rotatable bonds is 7. The Morgan fingerprint density at radius 3 is 2.68 bits per heavy atom. The van der Waals surface area contributed by atoms with Gasteiger partial charge in [-0.3, -0.25) is 14.9 Å². The second kappa shape index (κ2) is 9.88. The lowest BCUT2D eigenvalue weighted by Gasteiger charge is -2.23. The van der Waals surface area contributed by atoms with Crippen LogP contribution in [0.4, 0.5) is 5.69 Å². The van der Waals surface area contributed by atoms with E-state index in [-0.39, 0.29) is 17.2 Å². The third-order valence-corrected chi connectivity index (χ3v) is 6.02. The van der Waals surface area contributed by atoms with Crippen molar-refractivity contribution in [3.8, 4) is 0 Å². The molecule has 1 heterocycles. The van der Waals surface area contributed by atoms with Gasteiger partial charge in [0.2, 0.25) is 0 Å². The van der Waals surface area contributed by atoms with E-state index in [4.69, 9.17) is 16.3 Å². The molecule has 148 valence electrons. The summed E-state index contributed by atoms with van der Waals surface area (Å²) in [7, 11) is 0. The number of nitro benzene ring substituents is 1. The number of quaternary nitrogens is 1. The molecule has 0 aromatic heterocycles. The molecule has 2 N–H and O–H groups in total. The summed E-state index contributed by atoms with van der Waals surface area (Å²) in [6.45, 7) is 4.64. The Morgan fingerprint density at radius 2 is 1.96 bits per heavy atom. The summed E-state index contributed by atoms with van der Waals surface area (Å²) >= 11 is 7.35. The summed E-state index contributed by atoms with van der Waals surface area (Å²) in [4.78, 5) is 26.0. The van der Waals surface area contributed by atoms with Crippen molar-refractivity contribution in [2.24, 2.45) is 0 Å². The Bertz CT molecular complexity index is 859. The van der Waals surface area contributed by atoms with Crippen LogP contribution in [0.1, 0.15) is 10.4 Å². The van der Waals surface area contributed by atoms with E-state index in [1.54, 1.807) is 30.3 Å². The Labute approximate surface area is 172 Å². The van der Waals surface area contributed by atoms with Crippen molar-refractivity contribution in [2.75, 3.05) is 39.4 Å². The monoisotopic (exact) mass is 422 g/mol. The Balaban J connectivity index is 1.66. The number of nitrogens with zero attached hydrogens (tertiary/aromatic N) is 1. The van der Waals surface area contributed by atoms with E-state index in [2.05, 4.69) is 5.32 Å². The number of carbonyl (C=O) groups excluding carboxylic acids is 1. The molecular formula is C19H21ClN3O4S+. The molecule has 0 aliphatic carbocycles. The molecule has 1 aliphatic heterocycles. The summed E-state index contributed by atoms with van der Waals surface area (Å²) in [6.07, 6.45) is 0. The van der Waals surface area contributed by atoms with Crippen molar-refractivity contribution in [2.45, 2.75) is 9.79 Å². The van der Waals surface area contributed by atoms with Crippen LogP contribution in [0.15, 0.2) is 52.3 Å². The number of nitrogens with one attached hydrogen (secondary N) is 2. The van der Waals surface area contributed by atoms with E-state index in [0.717, 1.165) is 37.7 Å². The number of halogens is 1. The van der Waals surface area contributed by atoms with Crippen molar-refractivity contribution < 1.29 is 19.4 Å². The Kier molecular flexibility index (Phi) is 7.27. The predicted octanol–water partition coefficient (Wildman–Crippen LogP) is 2.04. The van der Waals surface area contributed by atoms with Crippen LogP contribution in [0.5, 0.6) is 0 Å². The fourth-order valence-electron chi connectivity index (χ4n) is 2.90. The second-order valence-corrected chi connectivity index (χ2v) is 7.83. The minimum atomic E-state index is -0.478. The van der Waals surface area contributed by atoms with Crippen molar-refractivity contribution in [1.29, 1.82) is 0 Å². The lowest BCUT2D eigenvalue weighted by atomic mass is 10.2. The summed E-state index contributed by atoms with van der Waals surface area (Å²) < 4.78 is 5.31. The summed E-state index contributed by atoms with van der Waals surface area (Å²) in [6, 6.07) is 11.7. The topological polar surface area (TPSA) is 85.9 Å². The highest BCUT2D eigenvalue weighted by atomic mass is 35.5. The van der Waals surface area contributed by atoms with Gasteiger partial charge < -0.3 is 15.0 Å². The first-order valence-electron chi connectivity index (χ1n) is 8.95. The van der Waals surface area contributed by atoms with Gasteiger partial charge in [-0.1, -0.05) is 35.5 Å². The van der Waals surface area contributed by atoms with Gasteiger partial charge in [-0.05, 0) is 24.3 Å². The SMILES string of the molecule is O=C(NCC[NH+]1CCOCC1)c1ccc(Sc2ccccc2Cl)c([N+](=O)[O-])c1. The Hall–Kier alpha value is -2.13. The summed E-state index contributed by atoms with van der Waals surface area (Å²) in [5, 5.41) is 14.9. The Morgan fingerprint density at radius 1 is 1.21 bits per heavy atom. The zero-order valence-electron chi connectivity index (χ0n) is 15.2. The molecule has 7 nitrogen and oxygen atoms in total. The number of nitro groups is 1.